The molecule has 0 saturated carbocycles. The SMILES string of the molecule is O=[N+]([O-])c1cc(NC[C@H]2O[C@H](COP(=O)(O)O)[C@@H](O)[C@H]2O)ccc1F. The van der Waals surface area contributed by atoms with Crippen LogP contribution in [0.5, 0.6) is 0 Å². The van der Waals surface area contributed by atoms with E-state index >= 15 is 0 Å². The Morgan fingerprint density at radius 2 is 1.96 bits per heavy atom. The van der Waals surface area contributed by atoms with Gasteiger partial charge in [0, 0.05) is 18.3 Å². The van der Waals surface area contributed by atoms with Crippen LogP contribution in [0.3, 0.4) is 0 Å². The van der Waals surface area contributed by atoms with Crippen LogP contribution in [0.2, 0.25) is 0 Å². The molecule has 1 aliphatic rings. The third kappa shape index (κ3) is 5.16. The zero-order chi connectivity index (χ0) is 18.8. The van der Waals surface area contributed by atoms with Crippen molar-refractivity contribution >= 4 is 19.2 Å². The summed E-state index contributed by atoms with van der Waals surface area (Å²) < 4.78 is 33.4. The lowest BCUT2D eigenvalue weighted by Gasteiger charge is -2.16. The number of phosphoric acid groups is 1. The first-order valence-corrected chi connectivity index (χ1v) is 8.51. The minimum Gasteiger partial charge on any atom is -0.388 e. The highest BCUT2D eigenvalue weighted by Gasteiger charge is 2.43. The molecular weight excluding hydrogens is 366 g/mol. The maximum absolute atomic E-state index is 13.3. The van der Waals surface area contributed by atoms with E-state index < -0.39 is 55.3 Å². The molecule has 140 valence electrons. The molecule has 1 saturated heterocycles. The Morgan fingerprint density at radius 3 is 2.56 bits per heavy atom. The number of rotatable bonds is 7. The van der Waals surface area contributed by atoms with Gasteiger partial charge in [-0.25, -0.2) is 4.57 Å². The number of aliphatic hydroxyl groups is 2. The van der Waals surface area contributed by atoms with E-state index in [1.807, 2.05) is 0 Å². The minimum atomic E-state index is -4.75. The summed E-state index contributed by atoms with van der Waals surface area (Å²) in [4.78, 5) is 27.1. The van der Waals surface area contributed by atoms with Crippen molar-refractivity contribution in [2.75, 3.05) is 18.5 Å². The Labute approximate surface area is 140 Å². The standard InChI is InChI=1S/C12H16FN2O9P/c13-7-2-1-6(3-8(7)15(18)19)14-4-9-11(16)12(17)10(24-9)5-23-25(20,21)22/h1-3,9-12,14,16-17H,4-5H2,(H2,20,21,22)/t9-,10-,11+,12-/m1/s1. The second-order valence-corrected chi connectivity index (χ2v) is 6.52. The van der Waals surface area contributed by atoms with Gasteiger partial charge in [0.25, 0.3) is 0 Å². The maximum Gasteiger partial charge on any atom is 0.469 e. The zero-order valence-corrected chi connectivity index (χ0v) is 13.5. The molecule has 0 spiro atoms. The van der Waals surface area contributed by atoms with Gasteiger partial charge in [0.15, 0.2) is 0 Å². The number of nitro benzene ring substituents is 1. The van der Waals surface area contributed by atoms with Gasteiger partial charge in [0.05, 0.1) is 11.5 Å². The fraction of sp³-hybridized carbons (Fsp3) is 0.500. The molecule has 0 amide bonds. The van der Waals surface area contributed by atoms with E-state index in [1.165, 1.54) is 6.07 Å². The van der Waals surface area contributed by atoms with E-state index in [4.69, 9.17) is 14.5 Å². The lowest BCUT2D eigenvalue weighted by Crippen LogP contribution is -2.36. The molecule has 0 aliphatic carbocycles. The predicted molar refractivity (Wildman–Crippen MR) is 80.2 cm³/mol. The summed E-state index contributed by atoms with van der Waals surface area (Å²) in [6.45, 7) is -0.742. The quantitative estimate of drug-likeness (QED) is 0.240. The van der Waals surface area contributed by atoms with Crippen LogP contribution in [0.25, 0.3) is 0 Å². The molecule has 2 rings (SSSR count). The van der Waals surface area contributed by atoms with Crippen LogP contribution in [0.1, 0.15) is 0 Å². The van der Waals surface area contributed by atoms with Gasteiger partial charge in [0.2, 0.25) is 5.82 Å². The molecule has 1 aliphatic heterocycles. The molecule has 1 aromatic carbocycles. The molecule has 1 fully saturated rings. The summed E-state index contributed by atoms with van der Waals surface area (Å²) in [5, 5.41) is 33.1. The van der Waals surface area contributed by atoms with Gasteiger partial charge in [0.1, 0.15) is 24.4 Å². The van der Waals surface area contributed by atoms with Gasteiger partial charge in [-0.3, -0.25) is 14.6 Å². The number of halogens is 1. The summed E-state index contributed by atoms with van der Waals surface area (Å²) >= 11 is 0. The minimum absolute atomic E-state index is 0.104. The monoisotopic (exact) mass is 382 g/mol. The van der Waals surface area contributed by atoms with Crippen LogP contribution >= 0.6 is 7.82 Å². The highest BCUT2D eigenvalue weighted by Crippen LogP contribution is 2.37. The smallest absolute Gasteiger partial charge is 0.388 e. The summed E-state index contributed by atoms with van der Waals surface area (Å²) in [6, 6.07) is 3.11. The van der Waals surface area contributed by atoms with Crippen LogP contribution in [-0.4, -0.2) is 62.5 Å². The lowest BCUT2D eigenvalue weighted by molar-refractivity contribution is -0.387. The highest BCUT2D eigenvalue weighted by atomic mass is 31.2. The van der Waals surface area contributed by atoms with E-state index in [0.29, 0.717) is 0 Å². The third-order valence-corrected chi connectivity index (χ3v) is 4.00. The number of benzene rings is 1. The Hall–Kier alpha value is -1.66. The molecule has 1 aromatic rings. The third-order valence-electron chi connectivity index (χ3n) is 3.52. The molecule has 4 atom stereocenters. The number of nitrogens with one attached hydrogen (secondary N) is 1. The molecule has 13 heteroatoms. The van der Waals surface area contributed by atoms with Crippen molar-refractivity contribution in [3.05, 3.63) is 34.1 Å². The molecule has 0 aromatic heterocycles. The molecular formula is C12H16FN2O9P. The van der Waals surface area contributed by atoms with Crippen molar-refractivity contribution in [2.45, 2.75) is 24.4 Å². The number of hydrogen-bond acceptors (Lipinski definition) is 8. The Bertz CT molecular complexity index is 685. The van der Waals surface area contributed by atoms with Gasteiger partial charge >= 0.3 is 13.5 Å². The van der Waals surface area contributed by atoms with Crippen molar-refractivity contribution in [3.63, 3.8) is 0 Å². The number of aliphatic hydroxyl groups excluding tert-OH is 2. The van der Waals surface area contributed by atoms with Gasteiger partial charge in [-0.15, -0.1) is 0 Å². The predicted octanol–water partition coefficient (Wildman–Crippen LogP) is -0.256. The van der Waals surface area contributed by atoms with Crippen molar-refractivity contribution in [2.24, 2.45) is 0 Å². The summed E-state index contributed by atoms with van der Waals surface area (Å²) in [7, 11) is -4.75. The van der Waals surface area contributed by atoms with Gasteiger partial charge in [-0.1, -0.05) is 0 Å². The largest absolute Gasteiger partial charge is 0.469 e. The highest BCUT2D eigenvalue weighted by molar-refractivity contribution is 7.46. The Kier molecular flexibility index (Phi) is 6.06. The van der Waals surface area contributed by atoms with E-state index in [9.17, 15) is 29.3 Å². The summed E-state index contributed by atoms with van der Waals surface area (Å²) in [6.07, 6.45) is -4.98. The number of ether oxygens (including phenoxy) is 1. The summed E-state index contributed by atoms with van der Waals surface area (Å²) in [5.41, 5.74) is -0.542. The number of anilines is 1. The van der Waals surface area contributed by atoms with E-state index in [2.05, 4.69) is 9.84 Å². The fourth-order valence-electron chi connectivity index (χ4n) is 2.28. The van der Waals surface area contributed by atoms with E-state index in [1.54, 1.807) is 0 Å². The van der Waals surface area contributed by atoms with Crippen molar-refractivity contribution in [1.82, 2.24) is 0 Å². The Morgan fingerprint density at radius 1 is 1.32 bits per heavy atom. The first-order valence-electron chi connectivity index (χ1n) is 6.98. The molecule has 0 radical (unpaired) electrons. The number of phosphoric ester groups is 1. The number of nitrogens with zero attached hydrogens (tertiary/aromatic N) is 1. The topological polar surface area (TPSA) is 172 Å². The molecule has 0 bridgehead atoms. The average Bonchev–Trinajstić information content (AvgIpc) is 2.79. The lowest BCUT2D eigenvalue weighted by atomic mass is 10.1. The van der Waals surface area contributed by atoms with Crippen molar-refractivity contribution < 1.29 is 43.1 Å². The van der Waals surface area contributed by atoms with Crippen LogP contribution in [0.15, 0.2) is 18.2 Å². The molecule has 11 nitrogen and oxygen atoms in total. The van der Waals surface area contributed by atoms with E-state index in [-0.39, 0.29) is 12.2 Å². The normalized spacial score (nSPS) is 26.6. The first-order chi connectivity index (χ1) is 11.6. The second-order valence-electron chi connectivity index (χ2n) is 5.28. The summed E-state index contributed by atoms with van der Waals surface area (Å²) in [5.74, 6) is -1.00. The van der Waals surface area contributed by atoms with Gasteiger partial charge in [-0.05, 0) is 12.1 Å². The molecule has 5 N–H and O–H groups in total. The number of nitro groups is 1. The molecule has 25 heavy (non-hydrogen) atoms. The van der Waals surface area contributed by atoms with Crippen LogP contribution in [-0.2, 0) is 13.8 Å². The number of hydrogen-bond donors (Lipinski definition) is 5. The van der Waals surface area contributed by atoms with Crippen molar-refractivity contribution in [3.8, 4) is 0 Å². The zero-order valence-electron chi connectivity index (χ0n) is 12.6. The van der Waals surface area contributed by atoms with Gasteiger partial charge < -0.3 is 30.1 Å². The van der Waals surface area contributed by atoms with Crippen LogP contribution in [0, 0.1) is 15.9 Å². The average molecular weight is 382 g/mol. The Balaban J connectivity index is 1.96. The fourth-order valence-corrected chi connectivity index (χ4v) is 2.62. The van der Waals surface area contributed by atoms with Crippen molar-refractivity contribution in [1.29, 1.82) is 0 Å². The van der Waals surface area contributed by atoms with Crippen LogP contribution < -0.4 is 5.32 Å². The molecule has 1 heterocycles. The maximum atomic E-state index is 13.3. The second kappa shape index (κ2) is 7.70. The first kappa shape index (κ1) is 19.7. The van der Waals surface area contributed by atoms with E-state index in [0.717, 1.165) is 12.1 Å². The van der Waals surface area contributed by atoms with Gasteiger partial charge in [-0.2, -0.15) is 4.39 Å². The van der Waals surface area contributed by atoms with Crippen LogP contribution in [0.4, 0.5) is 15.8 Å². The molecule has 0 unspecified atom stereocenters.